The Morgan fingerprint density at radius 1 is 1.28 bits per heavy atom. The maximum atomic E-state index is 13.1. The van der Waals surface area contributed by atoms with Crippen LogP contribution in [0.25, 0.3) is 0 Å². The van der Waals surface area contributed by atoms with Gasteiger partial charge in [-0.3, -0.25) is 0 Å². The standard InChI is InChI=1S/C12H14FNO3S/c13-11-3-1-2-10(14-11)12(15)6-8-4-5-9(7-12)18(8,16)17/h1-3,8-9,15H,4-7H2. The normalized spacial score (nSPS) is 37.7. The summed E-state index contributed by atoms with van der Waals surface area (Å²) in [6.45, 7) is 0. The van der Waals surface area contributed by atoms with Gasteiger partial charge in [0.25, 0.3) is 0 Å². The molecule has 2 bridgehead atoms. The molecule has 0 radical (unpaired) electrons. The molecule has 2 unspecified atom stereocenters. The number of nitrogens with zero attached hydrogens (tertiary/aromatic N) is 1. The molecule has 1 aromatic rings. The van der Waals surface area contributed by atoms with E-state index in [1.165, 1.54) is 12.1 Å². The Morgan fingerprint density at radius 3 is 2.44 bits per heavy atom. The second kappa shape index (κ2) is 3.74. The summed E-state index contributed by atoms with van der Waals surface area (Å²) in [6, 6.07) is 4.25. The van der Waals surface area contributed by atoms with Crippen molar-refractivity contribution in [1.82, 2.24) is 4.98 Å². The van der Waals surface area contributed by atoms with Crippen LogP contribution in [0.2, 0.25) is 0 Å². The van der Waals surface area contributed by atoms with E-state index in [1.807, 2.05) is 0 Å². The van der Waals surface area contributed by atoms with Crippen LogP contribution >= 0.6 is 0 Å². The highest BCUT2D eigenvalue weighted by atomic mass is 32.2. The van der Waals surface area contributed by atoms with Crippen molar-refractivity contribution in [1.29, 1.82) is 0 Å². The van der Waals surface area contributed by atoms with Crippen LogP contribution in [0, 0.1) is 5.95 Å². The zero-order valence-electron chi connectivity index (χ0n) is 9.71. The second-order valence-electron chi connectivity index (χ2n) is 5.20. The number of rotatable bonds is 1. The molecular weight excluding hydrogens is 257 g/mol. The van der Waals surface area contributed by atoms with Gasteiger partial charge in [0.1, 0.15) is 5.60 Å². The van der Waals surface area contributed by atoms with Crippen molar-refractivity contribution < 1.29 is 17.9 Å². The van der Waals surface area contributed by atoms with Crippen molar-refractivity contribution in [3.8, 4) is 0 Å². The summed E-state index contributed by atoms with van der Waals surface area (Å²) in [5, 5.41) is 9.57. The highest BCUT2D eigenvalue weighted by Gasteiger charge is 2.53. The zero-order chi connectivity index (χ0) is 13.0. The lowest BCUT2D eigenvalue weighted by Gasteiger charge is -2.35. The van der Waals surface area contributed by atoms with E-state index in [0.29, 0.717) is 12.8 Å². The molecule has 3 rings (SSSR count). The first-order valence-electron chi connectivity index (χ1n) is 6.00. The third kappa shape index (κ3) is 1.66. The SMILES string of the molecule is O=S1(=O)C2CCC1CC(O)(c1cccc(F)n1)C2. The van der Waals surface area contributed by atoms with Crippen molar-refractivity contribution in [2.45, 2.75) is 41.8 Å². The number of sulfone groups is 1. The van der Waals surface area contributed by atoms with E-state index < -0.39 is 31.9 Å². The van der Waals surface area contributed by atoms with E-state index in [1.54, 1.807) is 6.07 Å². The summed E-state index contributed by atoms with van der Waals surface area (Å²) in [6.07, 6.45) is 1.43. The van der Waals surface area contributed by atoms with Crippen LogP contribution < -0.4 is 0 Å². The molecule has 1 aromatic heterocycles. The molecule has 0 aromatic carbocycles. The number of fused-ring (bicyclic) bond motifs is 2. The molecule has 2 fully saturated rings. The van der Waals surface area contributed by atoms with E-state index in [2.05, 4.69) is 4.98 Å². The Balaban J connectivity index is 2.00. The predicted octanol–water partition coefficient (Wildman–Crippen LogP) is 1.15. The molecular formula is C12H14FNO3S. The van der Waals surface area contributed by atoms with Crippen molar-refractivity contribution in [3.63, 3.8) is 0 Å². The highest BCUT2D eigenvalue weighted by Crippen LogP contribution is 2.47. The van der Waals surface area contributed by atoms with Gasteiger partial charge in [-0.2, -0.15) is 4.39 Å². The highest BCUT2D eigenvalue weighted by molar-refractivity contribution is 7.93. The molecule has 2 saturated heterocycles. The lowest BCUT2D eigenvalue weighted by atomic mass is 9.89. The lowest BCUT2D eigenvalue weighted by molar-refractivity contribution is 0.0124. The third-order valence-corrected chi connectivity index (χ3v) is 6.73. The molecule has 0 aliphatic carbocycles. The van der Waals surface area contributed by atoms with Gasteiger partial charge in [-0.15, -0.1) is 0 Å². The summed E-state index contributed by atoms with van der Waals surface area (Å²) in [7, 11) is -3.10. The minimum atomic E-state index is -3.10. The van der Waals surface area contributed by atoms with Gasteiger partial charge in [-0.25, -0.2) is 13.4 Å². The topological polar surface area (TPSA) is 67.3 Å². The summed E-state index contributed by atoms with van der Waals surface area (Å²) in [5.74, 6) is -0.651. The molecule has 6 heteroatoms. The van der Waals surface area contributed by atoms with Crippen molar-refractivity contribution in [3.05, 3.63) is 29.8 Å². The van der Waals surface area contributed by atoms with Crippen LogP contribution in [0.15, 0.2) is 18.2 Å². The number of aliphatic hydroxyl groups is 1. The molecule has 0 amide bonds. The first kappa shape index (κ1) is 12.0. The maximum Gasteiger partial charge on any atom is 0.213 e. The number of pyridine rings is 1. The molecule has 4 nitrogen and oxygen atoms in total. The molecule has 2 aliphatic rings. The number of halogens is 1. The minimum Gasteiger partial charge on any atom is -0.383 e. The van der Waals surface area contributed by atoms with E-state index in [-0.39, 0.29) is 18.5 Å². The smallest absolute Gasteiger partial charge is 0.213 e. The monoisotopic (exact) mass is 271 g/mol. The Kier molecular flexibility index (Phi) is 2.50. The van der Waals surface area contributed by atoms with Gasteiger partial charge in [0.15, 0.2) is 9.84 Å². The Hall–Kier alpha value is -1.01. The first-order valence-corrected chi connectivity index (χ1v) is 7.61. The van der Waals surface area contributed by atoms with E-state index in [9.17, 15) is 17.9 Å². The fourth-order valence-electron chi connectivity index (χ4n) is 3.12. The van der Waals surface area contributed by atoms with Gasteiger partial charge in [0.05, 0.1) is 16.2 Å². The summed E-state index contributed by atoms with van der Waals surface area (Å²) in [5.41, 5.74) is -1.06. The van der Waals surface area contributed by atoms with E-state index in [4.69, 9.17) is 0 Å². The van der Waals surface area contributed by atoms with Crippen LogP contribution in [-0.4, -0.2) is 29.0 Å². The van der Waals surface area contributed by atoms with Crippen molar-refractivity contribution in [2.75, 3.05) is 0 Å². The van der Waals surface area contributed by atoms with Crippen LogP contribution in [0.3, 0.4) is 0 Å². The fourth-order valence-corrected chi connectivity index (χ4v) is 5.61. The largest absolute Gasteiger partial charge is 0.383 e. The molecule has 98 valence electrons. The van der Waals surface area contributed by atoms with Crippen LogP contribution in [0.4, 0.5) is 4.39 Å². The van der Waals surface area contributed by atoms with Crippen LogP contribution in [0.1, 0.15) is 31.4 Å². The molecule has 3 heterocycles. The summed E-state index contributed by atoms with van der Waals surface area (Å²) >= 11 is 0. The average molecular weight is 271 g/mol. The molecule has 0 spiro atoms. The first-order chi connectivity index (χ1) is 8.42. The quantitative estimate of drug-likeness (QED) is 0.778. The Labute approximate surface area is 105 Å². The van der Waals surface area contributed by atoms with Gasteiger partial charge in [-0.05, 0) is 37.8 Å². The molecule has 2 atom stereocenters. The zero-order valence-corrected chi connectivity index (χ0v) is 10.5. The molecule has 0 saturated carbocycles. The predicted molar refractivity (Wildman–Crippen MR) is 63.1 cm³/mol. The summed E-state index contributed by atoms with van der Waals surface area (Å²) in [4.78, 5) is 3.70. The van der Waals surface area contributed by atoms with E-state index in [0.717, 1.165) is 0 Å². The Bertz CT molecular complexity index is 567. The van der Waals surface area contributed by atoms with Crippen LogP contribution in [0.5, 0.6) is 0 Å². The van der Waals surface area contributed by atoms with Crippen LogP contribution in [-0.2, 0) is 15.4 Å². The van der Waals surface area contributed by atoms with Gasteiger partial charge in [-0.1, -0.05) is 6.07 Å². The average Bonchev–Trinajstić information content (AvgIpc) is 2.51. The molecule has 2 aliphatic heterocycles. The summed E-state index contributed by atoms with van der Waals surface area (Å²) < 4.78 is 37.0. The minimum absolute atomic E-state index is 0.127. The second-order valence-corrected chi connectivity index (χ2v) is 7.71. The van der Waals surface area contributed by atoms with Crippen molar-refractivity contribution in [2.24, 2.45) is 0 Å². The number of aromatic nitrogens is 1. The maximum absolute atomic E-state index is 13.1. The number of hydrogen-bond donors (Lipinski definition) is 1. The van der Waals surface area contributed by atoms with E-state index >= 15 is 0 Å². The lowest BCUT2D eigenvalue weighted by Crippen LogP contribution is -2.43. The number of hydrogen-bond acceptors (Lipinski definition) is 4. The molecule has 1 N–H and O–H groups in total. The van der Waals surface area contributed by atoms with Gasteiger partial charge in [0, 0.05) is 0 Å². The van der Waals surface area contributed by atoms with Gasteiger partial charge >= 0.3 is 0 Å². The van der Waals surface area contributed by atoms with Gasteiger partial charge in [0.2, 0.25) is 5.95 Å². The van der Waals surface area contributed by atoms with Gasteiger partial charge < -0.3 is 5.11 Å². The fraction of sp³-hybridized carbons (Fsp3) is 0.583. The molecule has 18 heavy (non-hydrogen) atoms. The third-order valence-electron chi connectivity index (χ3n) is 4.06. The Morgan fingerprint density at radius 2 is 1.89 bits per heavy atom. The van der Waals surface area contributed by atoms with Crippen molar-refractivity contribution >= 4 is 9.84 Å².